The number of carbonyl (C=O) groups is 2. The van der Waals surface area contributed by atoms with Crippen LogP contribution in [0.5, 0.6) is 0 Å². The van der Waals surface area contributed by atoms with Gasteiger partial charge in [0, 0.05) is 31.9 Å². The lowest BCUT2D eigenvalue weighted by Crippen LogP contribution is -2.36. The molecule has 1 aromatic heterocycles. The molecule has 1 N–H and O–H groups in total. The number of hydrogen-bond donors (Lipinski definition) is 1. The van der Waals surface area contributed by atoms with Gasteiger partial charge in [0.25, 0.3) is 11.5 Å². The van der Waals surface area contributed by atoms with Crippen molar-refractivity contribution < 1.29 is 9.59 Å². The van der Waals surface area contributed by atoms with Crippen LogP contribution in [0.1, 0.15) is 22.3 Å². The number of likely N-dealkylation sites (N-methyl/N-ethyl adjacent to an activating group) is 1. The van der Waals surface area contributed by atoms with E-state index in [1.165, 1.54) is 21.7 Å². The van der Waals surface area contributed by atoms with Gasteiger partial charge in [-0.15, -0.1) is 0 Å². The van der Waals surface area contributed by atoms with Crippen molar-refractivity contribution in [3.05, 3.63) is 69.1 Å². The highest BCUT2D eigenvalue weighted by Crippen LogP contribution is 2.16. The second-order valence-electron chi connectivity index (χ2n) is 6.09. The van der Waals surface area contributed by atoms with Crippen molar-refractivity contribution >= 4 is 23.4 Å². The zero-order chi connectivity index (χ0) is 19.1. The lowest BCUT2D eigenvalue weighted by atomic mass is 10.1. The van der Waals surface area contributed by atoms with Crippen LogP contribution in [0, 0.1) is 0 Å². The SMILES string of the molecule is CN(C)C(=O)Cn1cccc(C(=O)NCCCc2ccccc2Cl)c1=O. The fraction of sp³-hybridized carbons (Fsp3) is 0.316. The molecule has 0 radical (unpaired) electrons. The second kappa shape index (κ2) is 9.20. The summed E-state index contributed by atoms with van der Waals surface area (Å²) in [5.41, 5.74) is 0.566. The van der Waals surface area contributed by atoms with Crippen molar-refractivity contribution in [2.75, 3.05) is 20.6 Å². The number of halogens is 1. The second-order valence-corrected chi connectivity index (χ2v) is 6.50. The van der Waals surface area contributed by atoms with Crippen LogP contribution in [-0.4, -0.2) is 41.9 Å². The highest BCUT2D eigenvalue weighted by molar-refractivity contribution is 6.31. The molecule has 1 aromatic carbocycles. The maximum Gasteiger partial charge on any atom is 0.263 e. The number of carbonyl (C=O) groups excluding carboxylic acids is 2. The number of benzene rings is 1. The molecule has 6 nitrogen and oxygen atoms in total. The molecule has 2 rings (SSSR count). The maximum absolute atomic E-state index is 12.4. The molecule has 0 fully saturated rings. The molecule has 0 unspecified atom stereocenters. The first-order chi connectivity index (χ1) is 12.4. The van der Waals surface area contributed by atoms with Crippen molar-refractivity contribution in [2.45, 2.75) is 19.4 Å². The van der Waals surface area contributed by atoms with Crippen LogP contribution in [0.4, 0.5) is 0 Å². The highest BCUT2D eigenvalue weighted by atomic mass is 35.5. The van der Waals surface area contributed by atoms with E-state index in [1.807, 2.05) is 24.3 Å². The van der Waals surface area contributed by atoms with E-state index in [2.05, 4.69) is 5.32 Å². The molecule has 0 bridgehead atoms. The third kappa shape index (κ3) is 5.20. The fourth-order valence-electron chi connectivity index (χ4n) is 2.40. The Morgan fingerprint density at radius 2 is 1.88 bits per heavy atom. The van der Waals surface area contributed by atoms with Gasteiger partial charge in [-0.2, -0.15) is 0 Å². The molecule has 0 spiro atoms. The molecule has 0 atom stereocenters. The Morgan fingerprint density at radius 1 is 1.15 bits per heavy atom. The maximum atomic E-state index is 12.4. The minimum absolute atomic E-state index is 0.0248. The zero-order valence-corrected chi connectivity index (χ0v) is 15.6. The lowest BCUT2D eigenvalue weighted by Gasteiger charge is -2.12. The van der Waals surface area contributed by atoms with Crippen molar-refractivity contribution in [1.82, 2.24) is 14.8 Å². The van der Waals surface area contributed by atoms with E-state index >= 15 is 0 Å². The molecule has 0 aliphatic heterocycles. The smallest absolute Gasteiger partial charge is 0.263 e. The normalized spacial score (nSPS) is 10.4. The fourth-order valence-corrected chi connectivity index (χ4v) is 2.63. The first-order valence-corrected chi connectivity index (χ1v) is 8.69. The Bertz CT molecular complexity index is 846. The van der Waals surface area contributed by atoms with Crippen LogP contribution in [-0.2, 0) is 17.8 Å². The largest absolute Gasteiger partial charge is 0.352 e. The Labute approximate surface area is 157 Å². The van der Waals surface area contributed by atoms with E-state index in [0.717, 1.165) is 12.0 Å². The Balaban J connectivity index is 1.94. The Morgan fingerprint density at radius 3 is 2.58 bits per heavy atom. The van der Waals surface area contributed by atoms with E-state index < -0.39 is 11.5 Å². The zero-order valence-electron chi connectivity index (χ0n) is 14.9. The summed E-state index contributed by atoms with van der Waals surface area (Å²) in [4.78, 5) is 37.8. The first kappa shape index (κ1) is 19.7. The monoisotopic (exact) mass is 375 g/mol. The predicted molar refractivity (Wildman–Crippen MR) is 102 cm³/mol. The average molecular weight is 376 g/mol. The Hall–Kier alpha value is -2.60. The molecule has 0 saturated heterocycles. The van der Waals surface area contributed by atoms with E-state index in [9.17, 15) is 14.4 Å². The van der Waals surface area contributed by atoms with Gasteiger partial charge >= 0.3 is 0 Å². The third-order valence-corrected chi connectivity index (χ3v) is 4.30. The number of nitrogens with zero attached hydrogens (tertiary/aromatic N) is 2. The summed E-state index contributed by atoms with van der Waals surface area (Å²) in [6, 6.07) is 10.6. The van der Waals surface area contributed by atoms with Crippen LogP contribution < -0.4 is 10.9 Å². The topological polar surface area (TPSA) is 71.4 Å². The van der Waals surface area contributed by atoms with Crippen molar-refractivity contribution in [1.29, 1.82) is 0 Å². The summed E-state index contributed by atoms with van der Waals surface area (Å²) < 4.78 is 1.24. The van der Waals surface area contributed by atoms with Crippen molar-refractivity contribution in [3.8, 4) is 0 Å². The van der Waals surface area contributed by atoms with Crippen LogP contribution in [0.25, 0.3) is 0 Å². The van der Waals surface area contributed by atoms with Gasteiger partial charge in [-0.3, -0.25) is 14.4 Å². The van der Waals surface area contributed by atoms with Gasteiger partial charge in [-0.05, 0) is 36.6 Å². The summed E-state index contributed by atoms with van der Waals surface area (Å²) in [6.45, 7) is 0.328. The van der Waals surface area contributed by atoms with Gasteiger partial charge < -0.3 is 14.8 Å². The number of nitrogens with one attached hydrogen (secondary N) is 1. The van der Waals surface area contributed by atoms with Gasteiger partial charge in [-0.25, -0.2) is 0 Å². The van der Waals surface area contributed by atoms with E-state index in [1.54, 1.807) is 20.2 Å². The molecule has 26 heavy (non-hydrogen) atoms. The summed E-state index contributed by atoms with van der Waals surface area (Å²) in [5, 5.41) is 3.45. The number of amides is 2. The molecule has 138 valence electrons. The van der Waals surface area contributed by atoms with Gasteiger partial charge in [0.1, 0.15) is 12.1 Å². The van der Waals surface area contributed by atoms with Crippen LogP contribution in [0.3, 0.4) is 0 Å². The molecule has 0 aliphatic rings. The molecule has 2 aromatic rings. The van der Waals surface area contributed by atoms with Crippen LogP contribution in [0.15, 0.2) is 47.4 Å². The van der Waals surface area contributed by atoms with E-state index in [-0.39, 0.29) is 18.0 Å². The third-order valence-electron chi connectivity index (χ3n) is 3.94. The number of hydrogen-bond acceptors (Lipinski definition) is 3. The quantitative estimate of drug-likeness (QED) is 0.752. The van der Waals surface area contributed by atoms with Gasteiger partial charge in [0.15, 0.2) is 0 Å². The summed E-state index contributed by atoms with van der Waals surface area (Å²) in [6.07, 6.45) is 2.93. The van der Waals surface area contributed by atoms with Gasteiger partial charge in [0.05, 0.1) is 0 Å². The minimum Gasteiger partial charge on any atom is -0.352 e. The van der Waals surface area contributed by atoms with Gasteiger partial charge in [0.2, 0.25) is 5.91 Å². The lowest BCUT2D eigenvalue weighted by molar-refractivity contribution is -0.129. The highest BCUT2D eigenvalue weighted by Gasteiger charge is 2.14. The van der Waals surface area contributed by atoms with E-state index in [0.29, 0.717) is 18.0 Å². The van der Waals surface area contributed by atoms with Crippen molar-refractivity contribution in [2.24, 2.45) is 0 Å². The molecule has 2 amide bonds. The molecule has 0 aliphatic carbocycles. The molecular weight excluding hydrogens is 354 g/mol. The predicted octanol–water partition coefficient (Wildman–Crippen LogP) is 1.95. The molecule has 1 heterocycles. The van der Waals surface area contributed by atoms with Crippen molar-refractivity contribution in [3.63, 3.8) is 0 Å². The number of aromatic nitrogens is 1. The Kier molecular flexibility index (Phi) is 6.97. The first-order valence-electron chi connectivity index (χ1n) is 8.31. The summed E-state index contributed by atoms with van der Waals surface area (Å²) in [5.74, 6) is -0.662. The number of aryl methyl sites for hydroxylation is 1. The summed E-state index contributed by atoms with van der Waals surface area (Å²) in [7, 11) is 3.23. The molecule has 0 saturated carbocycles. The van der Waals surface area contributed by atoms with Crippen LogP contribution in [0.2, 0.25) is 5.02 Å². The number of pyridine rings is 1. The summed E-state index contributed by atoms with van der Waals surface area (Å²) >= 11 is 6.10. The number of rotatable bonds is 7. The van der Waals surface area contributed by atoms with Crippen LogP contribution >= 0.6 is 11.6 Å². The molecule has 7 heteroatoms. The standard InChI is InChI=1S/C19H22ClN3O3/c1-22(2)17(24)13-23-12-6-9-15(19(23)26)18(25)21-11-5-8-14-7-3-4-10-16(14)20/h3-4,6-7,9-10,12H,5,8,11,13H2,1-2H3,(H,21,25). The molecular formula is C19H22ClN3O3. The van der Waals surface area contributed by atoms with Gasteiger partial charge in [-0.1, -0.05) is 29.8 Å². The average Bonchev–Trinajstić information content (AvgIpc) is 2.61. The van der Waals surface area contributed by atoms with E-state index in [4.69, 9.17) is 11.6 Å². The minimum atomic E-state index is -0.480.